The van der Waals surface area contributed by atoms with Gasteiger partial charge in [-0.25, -0.2) is 0 Å². The molecule has 0 saturated carbocycles. The van der Waals surface area contributed by atoms with Crippen LogP contribution in [0.3, 0.4) is 0 Å². The van der Waals surface area contributed by atoms with Crippen LogP contribution in [0.2, 0.25) is 0 Å². The van der Waals surface area contributed by atoms with Crippen LogP contribution in [-0.2, 0) is 4.79 Å². The number of amides is 1. The fourth-order valence-electron chi connectivity index (χ4n) is 5.55. The summed E-state index contributed by atoms with van der Waals surface area (Å²) in [6.45, 7) is 4.15. The third-order valence-electron chi connectivity index (χ3n) is 8.54. The predicted molar refractivity (Wildman–Crippen MR) is 185 cm³/mol. The molecule has 254 valence electrons. The average Bonchev–Trinajstić information content (AvgIpc) is 3.01. The van der Waals surface area contributed by atoms with Gasteiger partial charge < -0.3 is 20.6 Å². The molecular weight excluding hydrogens is 534 g/mol. The van der Waals surface area contributed by atoms with E-state index in [4.69, 9.17) is 0 Å². The molecule has 0 rings (SSSR count). The second-order valence-electron chi connectivity index (χ2n) is 12.8. The van der Waals surface area contributed by atoms with Crippen LogP contribution in [0, 0.1) is 0 Å². The molecule has 0 saturated heterocycles. The summed E-state index contributed by atoms with van der Waals surface area (Å²) >= 11 is 0. The lowest BCUT2D eigenvalue weighted by molar-refractivity contribution is -0.131. The summed E-state index contributed by atoms with van der Waals surface area (Å²) in [5, 5.41) is 32.9. The molecule has 0 fully saturated rings. The van der Waals surface area contributed by atoms with Gasteiger partial charge in [0.05, 0.1) is 18.8 Å². The van der Waals surface area contributed by atoms with Gasteiger partial charge >= 0.3 is 0 Å². The number of hydrogen-bond acceptors (Lipinski definition) is 4. The minimum Gasteiger partial charge on any atom is -0.394 e. The van der Waals surface area contributed by atoms with E-state index in [1.54, 1.807) is 6.08 Å². The number of aliphatic hydroxyl groups is 3. The van der Waals surface area contributed by atoms with Crippen LogP contribution in [0.4, 0.5) is 0 Å². The normalized spacial score (nSPS) is 14.1. The van der Waals surface area contributed by atoms with Crippen LogP contribution in [0.1, 0.15) is 187 Å². The molecule has 3 atom stereocenters. The highest BCUT2D eigenvalue weighted by Crippen LogP contribution is 2.14. The Kier molecular flexibility index (Phi) is 32.8. The highest BCUT2D eigenvalue weighted by molar-refractivity contribution is 5.80. The van der Waals surface area contributed by atoms with Gasteiger partial charge in [0.15, 0.2) is 0 Å². The van der Waals surface area contributed by atoms with E-state index in [9.17, 15) is 20.1 Å². The lowest BCUT2D eigenvalue weighted by Gasteiger charge is -2.21. The van der Waals surface area contributed by atoms with Gasteiger partial charge in [0.2, 0.25) is 5.91 Å². The van der Waals surface area contributed by atoms with Crippen LogP contribution in [0.5, 0.6) is 0 Å². The van der Waals surface area contributed by atoms with Crippen molar-refractivity contribution in [3.63, 3.8) is 0 Å². The van der Waals surface area contributed by atoms with Crippen molar-refractivity contribution in [3.8, 4) is 0 Å². The third kappa shape index (κ3) is 29.3. The minimum absolute atomic E-state index is 0.374. The second kappa shape index (κ2) is 33.7. The van der Waals surface area contributed by atoms with Gasteiger partial charge in [0.1, 0.15) is 6.10 Å². The number of nitrogens with one attached hydrogen (secondary N) is 1. The Morgan fingerprint density at radius 2 is 0.953 bits per heavy atom. The van der Waals surface area contributed by atoms with Crippen molar-refractivity contribution < 1.29 is 20.1 Å². The summed E-state index contributed by atoms with van der Waals surface area (Å²) in [5.41, 5.74) is 0. The van der Waals surface area contributed by atoms with Gasteiger partial charge in [0, 0.05) is 0 Å². The van der Waals surface area contributed by atoms with Crippen molar-refractivity contribution >= 4 is 5.91 Å². The van der Waals surface area contributed by atoms with Gasteiger partial charge in [0.25, 0.3) is 0 Å². The van der Waals surface area contributed by atoms with E-state index in [0.29, 0.717) is 6.42 Å². The minimum atomic E-state index is -1.10. The summed E-state index contributed by atoms with van der Waals surface area (Å²) in [4.78, 5) is 12.4. The smallest absolute Gasteiger partial charge is 0.249 e. The maximum Gasteiger partial charge on any atom is 0.249 e. The first kappa shape index (κ1) is 41.8. The Bertz CT molecular complexity index is 635. The fraction of sp³-hybridized carbons (Fsp3) is 0.868. The quantitative estimate of drug-likeness (QED) is 0.0441. The number of hydrogen-bond donors (Lipinski definition) is 4. The molecule has 0 heterocycles. The highest BCUT2D eigenvalue weighted by Gasteiger charge is 2.22. The molecule has 5 heteroatoms. The first-order valence-corrected chi connectivity index (χ1v) is 18.7. The van der Waals surface area contributed by atoms with E-state index >= 15 is 0 Å². The number of aliphatic hydroxyl groups excluding tert-OH is 3. The lowest BCUT2D eigenvalue weighted by atomic mass is 10.0. The first-order valence-electron chi connectivity index (χ1n) is 18.7. The Hall–Kier alpha value is -1.17. The largest absolute Gasteiger partial charge is 0.394 e. The highest BCUT2D eigenvalue weighted by atomic mass is 16.3. The molecule has 0 aliphatic carbocycles. The Labute approximate surface area is 267 Å². The molecule has 0 aromatic heterocycles. The second-order valence-corrected chi connectivity index (χ2v) is 12.8. The summed E-state index contributed by atoms with van der Waals surface area (Å²) in [7, 11) is 0. The van der Waals surface area contributed by atoms with Crippen LogP contribution in [0.15, 0.2) is 24.3 Å². The zero-order chi connectivity index (χ0) is 31.6. The van der Waals surface area contributed by atoms with Crippen molar-refractivity contribution in [3.05, 3.63) is 24.3 Å². The zero-order valence-corrected chi connectivity index (χ0v) is 28.6. The molecule has 0 aliphatic heterocycles. The topological polar surface area (TPSA) is 89.8 Å². The SMILES string of the molecule is CCCCCCCCCC/C=C/CC/C=C/C(O)C(CO)NC(=O)C(O)CCCCCCCCCCCCCCCCC. The molecule has 43 heavy (non-hydrogen) atoms. The van der Waals surface area contributed by atoms with Gasteiger partial charge in [-0.1, -0.05) is 179 Å². The van der Waals surface area contributed by atoms with Crippen molar-refractivity contribution in [1.82, 2.24) is 5.32 Å². The van der Waals surface area contributed by atoms with Gasteiger partial charge in [-0.05, 0) is 32.1 Å². The first-order chi connectivity index (χ1) is 21.1. The van der Waals surface area contributed by atoms with E-state index in [2.05, 4.69) is 31.3 Å². The molecule has 1 amide bonds. The number of carbonyl (C=O) groups excluding carboxylic acids is 1. The van der Waals surface area contributed by atoms with Crippen molar-refractivity contribution in [2.75, 3.05) is 6.61 Å². The van der Waals surface area contributed by atoms with Crippen LogP contribution in [-0.4, -0.2) is 46.1 Å². The maximum atomic E-state index is 12.4. The standard InChI is InChI=1S/C38H73NO4/c1-3-5-7-9-11-13-15-17-19-21-23-25-27-29-31-33-37(42)38(43)39-35(34-40)36(41)32-30-28-26-24-22-20-18-16-14-12-10-8-6-4-2/h22,24,30,32,35-37,40-42H,3-21,23,25-29,31,33-34H2,1-2H3,(H,39,43)/b24-22+,32-30+. The number of allylic oxidation sites excluding steroid dienone is 3. The van der Waals surface area contributed by atoms with Crippen LogP contribution >= 0.6 is 0 Å². The predicted octanol–water partition coefficient (Wildman–Crippen LogP) is 9.87. The van der Waals surface area contributed by atoms with E-state index in [1.165, 1.54) is 128 Å². The Balaban J connectivity index is 3.77. The zero-order valence-electron chi connectivity index (χ0n) is 28.6. The molecule has 0 aromatic rings. The average molecular weight is 608 g/mol. The van der Waals surface area contributed by atoms with Gasteiger partial charge in [-0.3, -0.25) is 4.79 Å². The molecular formula is C38H73NO4. The summed E-state index contributed by atoms with van der Waals surface area (Å²) < 4.78 is 0. The van der Waals surface area contributed by atoms with Crippen molar-refractivity contribution in [2.24, 2.45) is 0 Å². The summed E-state index contributed by atoms with van der Waals surface area (Å²) in [6, 6.07) is -0.808. The maximum absolute atomic E-state index is 12.4. The molecule has 0 radical (unpaired) electrons. The van der Waals surface area contributed by atoms with Crippen LogP contribution < -0.4 is 5.32 Å². The van der Waals surface area contributed by atoms with E-state index < -0.39 is 24.2 Å². The van der Waals surface area contributed by atoms with Gasteiger partial charge in [-0.2, -0.15) is 0 Å². The molecule has 0 aromatic carbocycles. The molecule has 0 aliphatic rings. The molecule has 5 nitrogen and oxygen atoms in total. The van der Waals surface area contributed by atoms with E-state index in [-0.39, 0.29) is 6.61 Å². The number of unbranched alkanes of at least 4 members (excludes halogenated alkanes) is 23. The molecule has 3 unspecified atom stereocenters. The summed E-state index contributed by atoms with van der Waals surface area (Å²) in [5.74, 6) is -0.513. The van der Waals surface area contributed by atoms with Crippen molar-refractivity contribution in [2.45, 2.75) is 205 Å². The fourth-order valence-corrected chi connectivity index (χ4v) is 5.55. The lowest BCUT2D eigenvalue weighted by Crippen LogP contribution is -2.48. The Morgan fingerprint density at radius 3 is 1.42 bits per heavy atom. The van der Waals surface area contributed by atoms with Crippen molar-refractivity contribution in [1.29, 1.82) is 0 Å². The number of rotatable bonds is 33. The Morgan fingerprint density at radius 1 is 0.558 bits per heavy atom. The molecule has 0 bridgehead atoms. The summed E-state index contributed by atoms with van der Waals surface area (Å²) in [6.07, 6.45) is 39.0. The third-order valence-corrected chi connectivity index (χ3v) is 8.54. The van der Waals surface area contributed by atoms with Crippen LogP contribution in [0.25, 0.3) is 0 Å². The monoisotopic (exact) mass is 608 g/mol. The van der Waals surface area contributed by atoms with Gasteiger partial charge in [-0.15, -0.1) is 0 Å². The molecule has 0 spiro atoms. The van der Waals surface area contributed by atoms with E-state index in [1.807, 2.05) is 6.08 Å². The number of carbonyl (C=O) groups is 1. The van der Waals surface area contributed by atoms with E-state index in [0.717, 1.165) is 38.5 Å². The molecule has 4 N–H and O–H groups in total.